The number of thiophene rings is 1. The monoisotopic (exact) mass is 325 g/mol. The summed E-state index contributed by atoms with van der Waals surface area (Å²) >= 11 is 1.35. The lowest BCUT2D eigenvalue weighted by Crippen LogP contribution is -2.34. The molecule has 1 fully saturated rings. The Balaban J connectivity index is 2.04. The molecule has 0 unspecified atom stereocenters. The molecule has 114 valence electrons. The van der Waals surface area contributed by atoms with Crippen LogP contribution in [0.3, 0.4) is 0 Å². The lowest BCUT2D eigenvalue weighted by atomic mass is 9.86. The van der Waals surface area contributed by atoms with Crippen molar-refractivity contribution in [2.24, 2.45) is 5.92 Å². The number of rotatable bonds is 5. The van der Waals surface area contributed by atoms with Gasteiger partial charge in [0.25, 0.3) is 0 Å². The first-order valence-electron chi connectivity index (χ1n) is 7.11. The number of aliphatic hydroxyl groups excluding tert-OH is 1. The molecule has 1 heterocycles. The molecule has 1 saturated carbocycles. The summed E-state index contributed by atoms with van der Waals surface area (Å²) in [5, 5.41) is 10.2. The fraction of sp³-hybridized carbons (Fsp3) is 0.467. The predicted octanol–water partition coefficient (Wildman–Crippen LogP) is 2.81. The van der Waals surface area contributed by atoms with Crippen LogP contribution in [0.15, 0.2) is 29.2 Å². The van der Waals surface area contributed by atoms with Gasteiger partial charge in [-0.2, -0.15) is 0 Å². The average Bonchev–Trinajstić information content (AvgIpc) is 2.81. The minimum Gasteiger partial charge on any atom is -0.391 e. The predicted molar refractivity (Wildman–Crippen MR) is 84.9 cm³/mol. The summed E-state index contributed by atoms with van der Waals surface area (Å²) < 4.78 is 28.1. The molecular formula is C15H19NO3S2. The van der Waals surface area contributed by atoms with Crippen molar-refractivity contribution in [1.29, 1.82) is 0 Å². The Hall–Kier alpha value is -0.950. The molecule has 0 spiro atoms. The van der Waals surface area contributed by atoms with Gasteiger partial charge < -0.3 is 5.11 Å². The van der Waals surface area contributed by atoms with Crippen molar-refractivity contribution in [2.75, 3.05) is 13.6 Å². The third-order valence-corrected chi connectivity index (χ3v) is 7.41. The summed E-state index contributed by atoms with van der Waals surface area (Å²) in [5.41, 5.74) is 0. The van der Waals surface area contributed by atoms with Crippen LogP contribution < -0.4 is 0 Å². The van der Waals surface area contributed by atoms with Gasteiger partial charge in [0.15, 0.2) is 0 Å². The Bertz CT molecular complexity index is 747. The molecule has 0 bridgehead atoms. The van der Waals surface area contributed by atoms with Crippen LogP contribution >= 0.6 is 11.3 Å². The Morgan fingerprint density at radius 3 is 2.67 bits per heavy atom. The standard InChI is InChI=1S/C15H19NO3S2/c1-16(9-11-5-4-6-11)21(18,19)15-12-7-2-3-8-13(12)20-14(15)10-17/h2-3,7-8,11,17H,4-6,9-10H2,1H3. The highest BCUT2D eigenvalue weighted by Crippen LogP contribution is 2.37. The topological polar surface area (TPSA) is 57.6 Å². The van der Waals surface area contributed by atoms with Crippen molar-refractivity contribution in [1.82, 2.24) is 4.31 Å². The highest BCUT2D eigenvalue weighted by molar-refractivity contribution is 7.89. The maximum atomic E-state index is 12.9. The van der Waals surface area contributed by atoms with Gasteiger partial charge in [0.1, 0.15) is 4.90 Å². The molecule has 1 aromatic carbocycles. The van der Waals surface area contributed by atoms with E-state index in [-0.39, 0.29) is 11.5 Å². The first-order valence-corrected chi connectivity index (χ1v) is 9.37. The molecule has 1 aliphatic carbocycles. The minimum atomic E-state index is -3.55. The molecule has 0 radical (unpaired) electrons. The minimum absolute atomic E-state index is 0.245. The Morgan fingerprint density at radius 2 is 2.05 bits per heavy atom. The molecule has 0 saturated heterocycles. The van der Waals surface area contributed by atoms with Crippen molar-refractivity contribution in [3.05, 3.63) is 29.1 Å². The second-order valence-electron chi connectivity index (χ2n) is 5.59. The maximum absolute atomic E-state index is 12.9. The lowest BCUT2D eigenvalue weighted by Gasteiger charge is -2.29. The molecular weight excluding hydrogens is 306 g/mol. The summed E-state index contributed by atoms with van der Waals surface area (Å²) in [6.07, 6.45) is 3.41. The SMILES string of the molecule is CN(CC1CCC1)S(=O)(=O)c1c(CO)sc2ccccc12. The van der Waals surface area contributed by atoms with Crippen LogP contribution in [0.2, 0.25) is 0 Å². The molecule has 1 N–H and O–H groups in total. The van der Waals surface area contributed by atoms with Gasteiger partial charge in [0.05, 0.1) is 11.5 Å². The van der Waals surface area contributed by atoms with E-state index >= 15 is 0 Å². The van der Waals surface area contributed by atoms with Crippen molar-refractivity contribution < 1.29 is 13.5 Å². The molecule has 21 heavy (non-hydrogen) atoms. The van der Waals surface area contributed by atoms with E-state index in [1.54, 1.807) is 7.05 Å². The quantitative estimate of drug-likeness (QED) is 0.919. The molecule has 4 nitrogen and oxygen atoms in total. The number of fused-ring (bicyclic) bond motifs is 1. The molecule has 1 aromatic heterocycles. The number of sulfonamides is 1. The average molecular weight is 325 g/mol. The van der Waals surface area contributed by atoms with Crippen LogP contribution in [0.1, 0.15) is 24.1 Å². The second-order valence-corrected chi connectivity index (χ2v) is 8.71. The summed E-state index contributed by atoms with van der Waals surface area (Å²) in [6, 6.07) is 7.43. The highest BCUT2D eigenvalue weighted by Gasteiger charge is 2.31. The van der Waals surface area contributed by atoms with Gasteiger partial charge in [-0.1, -0.05) is 24.6 Å². The van der Waals surface area contributed by atoms with E-state index in [9.17, 15) is 13.5 Å². The molecule has 3 rings (SSSR count). The summed E-state index contributed by atoms with van der Waals surface area (Å²) in [6.45, 7) is 0.322. The van der Waals surface area contributed by atoms with Crippen molar-refractivity contribution >= 4 is 31.4 Å². The Kier molecular flexibility index (Phi) is 4.05. The highest BCUT2D eigenvalue weighted by atomic mass is 32.2. The smallest absolute Gasteiger partial charge is 0.244 e. The number of aliphatic hydroxyl groups is 1. The lowest BCUT2D eigenvalue weighted by molar-refractivity contribution is 0.262. The van der Waals surface area contributed by atoms with Gasteiger partial charge in [-0.05, 0) is 24.8 Å². The van der Waals surface area contributed by atoms with Crippen LogP contribution in [0, 0.1) is 5.92 Å². The zero-order valence-electron chi connectivity index (χ0n) is 11.9. The molecule has 0 atom stereocenters. The number of benzene rings is 1. The molecule has 2 aromatic rings. The van der Waals surface area contributed by atoms with E-state index in [0.29, 0.717) is 22.7 Å². The fourth-order valence-corrected chi connectivity index (χ4v) is 5.74. The van der Waals surface area contributed by atoms with Crippen LogP contribution in [0.25, 0.3) is 10.1 Å². The third-order valence-electron chi connectivity index (χ3n) is 4.17. The molecule has 0 amide bonds. The van der Waals surface area contributed by atoms with Crippen LogP contribution in [-0.2, 0) is 16.6 Å². The van der Waals surface area contributed by atoms with Crippen LogP contribution in [0.5, 0.6) is 0 Å². The van der Waals surface area contributed by atoms with Crippen molar-refractivity contribution in [3.63, 3.8) is 0 Å². The van der Waals surface area contributed by atoms with Crippen molar-refractivity contribution in [3.8, 4) is 0 Å². The van der Waals surface area contributed by atoms with Gasteiger partial charge in [0, 0.05) is 23.7 Å². The van der Waals surface area contributed by atoms with Crippen molar-refractivity contribution in [2.45, 2.75) is 30.8 Å². The summed E-state index contributed by atoms with van der Waals surface area (Å²) in [4.78, 5) is 0.809. The maximum Gasteiger partial charge on any atom is 0.244 e. The first kappa shape index (κ1) is 15.0. The van der Waals surface area contributed by atoms with Gasteiger partial charge in [-0.15, -0.1) is 11.3 Å². The van der Waals surface area contributed by atoms with Gasteiger partial charge in [0.2, 0.25) is 10.0 Å². The first-order chi connectivity index (χ1) is 10.0. The van der Waals surface area contributed by atoms with E-state index in [1.807, 2.05) is 24.3 Å². The van der Waals surface area contributed by atoms with Crippen LogP contribution in [0.4, 0.5) is 0 Å². The third kappa shape index (κ3) is 2.61. The zero-order valence-corrected chi connectivity index (χ0v) is 13.6. The number of hydrogen-bond donors (Lipinski definition) is 1. The van der Waals surface area contributed by atoms with Gasteiger partial charge in [-0.3, -0.25) is 0 Å². The Morgan fingerprint density at radius 1 is 1.33 bits per heavy atom. The van der Waals surface area contributed by atoms with Gasteiger partial charge in [-0.25, -0.2) is 12.7 Å². The molecule has 1 aliphatic rings. The van der Waals surface area contributed by atoms with E-state index in [1.165, 1.54) is 22.1 Å². The molecule has 0 aliphatic heterocycles. The fourth-order valence-electron chi connectivity index (χ4n) is 2.75. The normalized spacial score (nSPS) is 16.5. The van der Waals surface area contributed by atoms with E-state index in [4.69, 9.17) is 0 Å². The largest absolute Gasteiger partial charge is 0.391 e. The van der Waals surface area contributed by atoms with E-state index < -0.39 is 10.0 Å². The zero-order chi connectivity index (χ0) is 15.0. The van der Waals surface area contributed by atoms with E-state index in [0.717, 1.165) is 17.5 Å². The summed E-state index contributed by atoms with van der Waals surface area (Å²) in [5.74, 6) is 0.479. The summed E-state index contributed by atoms with van der Waals surface area (Å²) in [7, 11) is -1.91. The van der Waals surface area contributed by atoms with Crippen LogP contribution in [-0.4, -0.2) is 31.4 Å². The second kappa shape index (κ2) is 5.68. The molecule has 6 heteroatoms. The Labute approximate surface area is 129 Å². The van der Waals surface area contributed by atoms with E-state index in [2.05, 4.69) is 0 Å². The van der Waals surface area contributed by atoms with Gasteiger partial charge >= 0.3 is 0 Å². The number of nitrogens with zero attached hydrogens (tertiary/aromatic N) is 1. The number of hydrogen-bond acceptors (Lipinski definition) is 4.